The van der Waals surface area contributed by atoms with E-state index in [4.69, 9.17) is 0 Å². The second-order valence-electron chi connectivity index (χ2n) is 3.59. The molecule has 20 heavy (non-hydrogen) atoms. The van der Waals surface area contributed by atoms with Crippen molar-refractivity contribution >= 4 is 11.5 Å². The fraction of sp³-hybridized carbons (Fsp3) is 0. The van der Waals surface area contributed by atoms with Gasteiger partial charge in [0.1, 0.15) is 0 Å². The molecule has 0 unspecified atom stereocenters. The van der Waals surface area contributed by atoms with E-state index in [-0.39, 0.29) is 41.2 Å². The molecular weight excluding hydrogens is 275 g/mol. The van der Waals surface area contributed by atoms with E-state index in [0.29, 0.717) is 5.56 Å². The number of fused-ring (bicyclic) bond motifs is 1. The molecular formula is C10H5N6NaO3. The molecule has 94 valence electrons. The number of nitrogens with zero attached hydrogens (tertiary/aromatic N) is 6. The van der Waals surface area contributed by atoms with Crippen LogP contribution >= 0.6 is 0 Å². The van der Waals surface area contributed by atoms with Crippen molar-refractivity contribution in [1.82, 2.24) is 24.6 Å². The third-order valence-corrected chi connectivity index (χ3v) is 2.44. The first-order valence-electron chi connectivity index (χ1n) is 5.14. The van der Waals surface area contributed by atoms with E-state index in [2.05, 4.69) is 20.1 Å². The van der Waals surface area contributed by atoms with Crippen molar-refractivity contribution in [2.45, 2.75) is 0 Å². The Labute approximate surface area is 133 Å². The van der Waals surface area contributed by atoms with Gasteiger partial charge < -0.3 is 9.97 Å². The number of aromatic nitrogens is 5. The largest absolute Gasteiger partial charge is 1.00 e. The molecule has 10 heteroatoms. The average Bonchev–Trinajstić information content (AvgIpc) is 2.85. The zero-order valence-electron chi connectivity index (χ0n) is 10.3. The zero-order valence-corrected chi connectivity index (χ0v) is 12.3. The van der Waals surface area contributed by atoms with Crippen molar-refractivity contribution in [2.75, 3.05) is 0 Å². The van der Waals surface area contributed by atoms with Gasteiger partial charge in [-0.05, 0) is 12.1 Å². The van der Waals surface area contributed by atoms with Crippen LogP contribution in [0.25, 0.3) is 17.2 Å². The summed E-state index contributed by atoms with van der Waals surface area (Å²) in [5, 5.41) is 14.6. The first kappa shape index (κ1) is 14.3. The van der Waals surface area contributed by atoms with Crippen LogP contribution in [0.3, 0.4) is 0 Å². The maximum atomic E-state index is 11.8. The van der Waals surface area contributed by atoms with E-state index in [9.17, 15) is 14.9 Å². The van der Waals surface area contributed by atoms with Gasteiger partial charge in [0.05, 0.1) is 10.7 Å². The molecule has 0 N–H and O–H groups in total. The molecule has 0 aromatic carbocycles. The Bertz CT molecular complexity index is 828. The summed E-state index contributed by atoms with van der Waals surface area (Å²) in [6.45, 7) is 0. The Morgan fingerprint density at radius 3 is 2.65 bits per heavy atom. The summed E-state index contributed by atoms with van der Waals surface area (Å²) in [4.78, 5) is 33.2. The van der Waals surface area contributed by atoms with Crippen LogP contribution in [0.1, 0.15) is 0 Å². The average molecular weight is 280 g/mol. The molecule has 0 aliphatic rings. The fourth-order valence-corrected chi connectivity index (χ4v) is 1.55. The molecule has 0 bridgehead atoms. The van der Waals surface area contributed by atoms with Gasteiger partial charge in [0.2, 0.25) is 0 Å². The minimum Gasteiger partial charge on any atom is -0.358 e. The number of pyridine rings is 1. The Morgan fingerprint density at radius 2 is 2.00 bits per heavy atom. The molecule has 0 aliphatic carbocycles. The number of nitro groups is 1. The first-order valence-corrected chi connectivity index (χ1v) is 5.14. The number of hydrogen-bond donors (Lipinski definition) is 0. The molecule has 0 aliphatic heterocycles. The molecule has 0 saturated heterocycles. The van der Waals surface area contributed by atoms with Crippen LogP contribution in [0.2, 0.25) is 0 Å². The normalized spacial score (nSPS) is 10.2. The molecule has 0 atom stereocenters. The predicted octanol–water partition coefficient (Wildman–Crippen LogP) is -2.98. The van der Waals surface area contributed by atoms with Gasteiger partial charge in [0, 0.05) is 29.9 Å². The molecule has 9 nitrogen and oxygen atoms in total. The molecule has 0 fully saturated rings. The summed E-state index contributed by atoms with van der Waals surface area (Å²) >= 11 is 0. The van der Waals surface area contributed by atoms with Crippen LogP contribution < -0.4 is 40.1 Å². The van der Waals surface area contributed by atoms with E-state index in [1.807, 2.05) is 0 Å². The van der Waals surface area contributed by atoms with Crippen molar-refractivity contribution in [2.24, 2.45) is 0 Å². The van der Waals surface area contributed by atoms with Gasteiger partial charge in [-0.3, -0.25) is 24.4 Å². The standard InChI is InChI=1S/C10H6N6O3.Na/c17-9-7(16(18)19)5-12-10-13-8(14-15(9)10)6-1-3-11-4-2-6;/h1-5H,(H,12,13,14,17);/q;+1/p-1. The molecule has 0 saturated carbocycles. The summed E-state index contributed by atoms with van der Waals surface area (Å²) in [6.07, 6.45) is 3.98. The van der Waals surface area contributed by atoms with E-state index in [1.54, 1.807) is 24.5 Å². The third-order valence-electron chi connectivity index (χ3n) is 2.44. The molecule has 3 aromatic rings. The Balaban J connectivity index is 0.00000147. The summed E-state index contributed by atoms with van der Waals surface area (Å²) in [6, 6.07) is 3.32. The van der Waals surface area contributed by atoms with Crippen molar-refractivity contribution < 1.29 is 34.5 Å². The zero-order chi connectivity index (χ0) is 13.4. The molecule has 3 aromatic heterocycles. The van der Waals surface area contributed by atoms with Gasteiger partial charge in [-0.15, -0.1) is 0 Å². The molecule has 3 heterocycles. The minimum atomic E-state index is -0.859. The van der Waals surface area contributed by atoms with E-state index >= 15 is 0 Å². The van der Waals surface area contributed by atoms with Crippen LogP contribution in [0.5, 0.6) is 0 Å². The second kappa shape index (κ2) is 5.49. The third kappa shape index (κ3) is 2.33. The molecule has 0 amide bonds. The van der Waals surface area contributed by atoms with Crippen LogP contribution in [-0.2, 0) is 0 Å². The number of hydrogen-bond acceptors (Lipinski definition) is 6. The van der Waals surface area contributed by atoms with Gasteiger partial charge >= 0.3 is 35.2 Å². The smallest absolute Gasteiger partial charge is 0.358 e. The van der Waals surface area contributed by atoms with Gasteiger partial charge in [0.25, 0.3) is 5.56 Å². The second-order valence-corrected chi connectivity index (χ2v) is 3.59. The van der Waals surface area contributed by atoms with Crippen LogP contribution in [-0.4, -0.2) is 24.5 Å². The molecule has 0 radical (unpaired) electrons. The van der Waals surface area contributed by atoms with Crippen LogP contribution in [0.4, 0.5) is 5.69 Å². The summed E-state index contributed by atoms with van der Waals surface area (Å²) in [5.74, 6) is 0.273. The van der Waals surface area contributed by atoms with Crippen molar-refractivity contribution in [3.63, 3.8) is 0 Å². The maximum absolute atomic E-state index is 11.8. The van der Waals surface area contributed by atoms with Crippen molar-refractivity contribution in [3.05, 3.63) is 51.2 Å². The Kier molecular flexibility index (Phi) is 3.93. The van der Waals surface area contributed by atoms with Gasteiger partial charge in [-0.25, -0.2) is 5.10 Å². The summed E-state index contributed by atoms with van der Waals surface area (Å²) in [5.41, 5.74) is -0.857. The van der Waals surface area contributed by atoms with Gasteiger partial charge in [0.15, 0.2) is 0 Å². The Hall–Kier alpha value is -2.10. The topological polar surface area (TPSA) is 117 Å². The van der Waals surface area contributed by atoms with E-state index < -0.39 is 16.2 Å². The molecule has 3 rings (SSSR count). The fourth-order valence-electron chi connectivity index (χ4n) is 1.55. The summed E-state index contributed by atoms with van der Waals surface area (Å²) < 4.78 is 0.813. The predicted molar refractivity (Wildman–Crippen MR) is 62.5 cm³/mol. The monoisotopic (exact) mass is 280 g/mol. The summed E-state index contributed by atoms with van der Waals surface area (Å²) in [7, 11) is 0. The number of rotatable bonds is 2. The minimum absolute atomic E-state index is 0. The maximum Gasteiger partial charge on any atom is 1.00 e. The molecule has 0 spiro atoms. The first-order chi connectivity index (χ1) is 9.16. The van der Waals surface area contributed by atoms with Gasteiger partial charge in [-0.1, -0.05) is 0 Å². The van der Waals surface area contributed by atoms with Crippen molar-refractivity contribution in [1.29, 1.82) is 0 Å². The quantitative estimate of drug-likeness (QED) is 0.279. The van der Waals surface area contributed by atoms with E-state index in [0.717, 1.165) is 10.7 Å². The SMILES string of the molecule is O=c1c([N+](=O)[O-])c[n-]c2nc(-c3ccncc3)nn12.[Na+]. The van der Waals surface area contributed by atoms with Crippen molar-refractivity contribution in [3.8, 4) is 11.4 Å². The Morgan fingerprint density at radius 1 is 1.30 bits per heavy atom. The van der Waals surface area contributed by atoms with Gasteiger partial charge in [-0.2, -0.15) is 0 Å². The van der Waals surface area contributed by atoms with Crippen LogP contribution in [0, 0.1) is 10.1 Å². The van der Waals surface area contributed by atoms with E-state index in [1.165, 1.54) is 0 Å². The van der Waals surface area contributed by atoms with Crippen LogP contribution in [0.15, 0.2) is 35.5 Å².